The zero-order valence-corrected chi connectivity index (χ0v) is 8.98. The van der Waals surface area contributed by atoms with Gasteiger partial charge in [0.2, 0.25) is 0 Å². The van der Waals surface area contributed by atoms with E-state index < -0.39 is 0 Å². The fourth-order valence-electron chi connectivity index (χ4n) is 1.83. The van der Waals surface area contributed by atoms with Crippen LogP contribution < -0.4 is 4.74 Å². The van der Waals surface area contributed by atoms with Crippen molar-refractivity contribution in [3.63, 3.8) is 0 Å². The topological polar surface area (TPSA) is 26.3 Å². The van der Waals surface area contributed by atoms with Gasteiger partial charge in [0.1, 0.15) is 12.0 Å². The van der Waals surface area contributed by atoms with Crippen LogP contribution in [0.2, 0.25) is 0 Å². The van der Waals surface area contributed by atoms with Crippen LogP contribution in [0.15, 0.2) is 24.3 Å². The lowest BCUT2D eigenvalue weighted by Gasteiger charge is -2.33. The van der Waals surface area contributed by atoms with Gasteiger partial charge in [-0.15, -0.1) is 0 Å². The van der Waals surface area contributed by atoms with E-state index in [9.17, 15) is 4.79 Å². The minimum Gasteiger partial charge on any atom is -0.493 e. The van der Waals surface area contributed by atoms with Gasteiger partial charge < -0.3 is 4.74 Å². The van der Waals surface area contributed by atoms with Gasteiger partial charge in [0.15, 0.2) is 0 Å². The largest absolute Gasteiger partial charge is 0.493 e. The lowest BCUT2D eigenvalue weighted by Crippen LogP contribution is -2.28. The second-order valence-electron chi connectivity index (χ2n) is 4.31. The summed E-state index contributed by atoms with van der Waals surface area (Å²) in [6, 6.07) is 7.28. The predicted molar refractivity (Wildman–Crippen MR) is 59.2 cm³/mol. The minimum atomic E-state index is 0.694. The van der Waals surface area contributed by atoms with Crippen LogP contribution in [-0.2, 0) is 0 Å². The third-order valence-corrected chi connectivity index (χ3v) is 3.28. The van der Waals surface area contributed by atoms with Crippen molar-refractivity contribution in [1.29, 1.82) is 0 Å². The normalized spacial score (nSPS) is 24.3. The van der Waals surface area contributed by atoms with Gasteiger partial charge in [0, 0.05) is 5.56 Å². The van der Waals surface area contributed by atoms with Gasteiger partial charge in [-0.25, -0.2) is 0 Å². The summed E-state index contributed by atoms with van der Waals surface area (Å²) >= 11 is 0. The Balaban J connectivity index is 1.85. The highest BCUT2D eigenvalue weighted by molar-refractivity contribution is 5.74. The summed E-state index contributed by atoms with van der Waals surface area (Å²) in [6.45, 7) is 3.08. The molecule has 1 fully saturated rings. The van der Waals surface area contributed by atoms with Gasteiger partial charge in [-0.1, -0.05) is 6.92 Å². The lowest BCUT2D eigenvalue weighted by molar-refractivity contribution is 0.112. The number of rotatable bonds is 4. The van der Waals surface area contributed by atoms with Crippen molar-refractivity contribution in [2.24, 2.45) is 11.8 Å². The molecule has 0 N–H and O–H groups in total. The summed E-state index contributed by atoms with van der Waals surface area (Å²) < 4.78 is 5.66. The first kappa shape index (κ1) is 10.2. The van der Waals surface area contributed by atoms with Crippen LogP contribution in [0.4, 0.5) is 0 Å². The molecule has 2 heteroatoms. The van der Waals surface area contributed by atoms with Crippen molar-refractivity contribution < 1.29 is 9.53 Å². The smallest absolute Gasteiger partial charge is 0.150 e. The van der Waals surface area contributed by atoms with Crippen LogP contribution in [-0.4, -0.2) is 12.9 Å². The summed E-state index contributed by atoms with van der Waals surface area (Å²) in [7, 11) is 0. The molecule has 0 bridgehead atoms. The zero-order valence-electron chi connectivity index (χ0n) is 8.98. The molecule has 1 saturated carbocycles. The van der Waals surface area contributed by atoms with Crippen molar-refractivity contribution in [3.8, 4) is 5.75 Å². The lowest BCUT2D eigenvalue weighted by atomic mass is 9.75. The van der Waals surface area contributed by atoms with Crippen LogP contribution in [0.25, 0.3) is 0 Å². The van der Waals surface area contributed by atoms with E-state index in [-0.39, 0.29) is 0 Å². The average molecular weight is 204 g/mol. The molecule has 1 aromatic carbocycles. The average Bonchev–Trinajstić information content (AvgIpc) is 2.28. The number of hydrogen-bond donors (Lipinski definition) is 0. The summed E-state index contributed by atoms with van der Waals surface area (Å²) in [6.07, 6.45) is 3.46. The standard InChI is InChI=1S/C13H16O2/c1-10-2-5-12(10)9-15-13-6-3-11(8-14)4-7-13/h3-4,6-8,10,12H,2,5,9H2,1H3/t10-,12-/m1/s1. The SMILES string of the molecule is C[C@@H]1CC[C@@H]1COc1ccc(C=O)cc1. The number of carbonyl (C=O) groups excluding carboxylic acids is 1. The van der Waals surface area contributed by atoms with Gasteiger partial charge in [0.05, 0.1) is 6.61 Å². The second-order valence-corrected chi connectivity index (χ2v) is 4.31. The molecule has 0 aromatic heterocycles. The molecule has 15 heavy (non-hydrogen) atoms. The van der Waals surface area contributed by atoms with E-state index in [0.717, 1.165) is 30.5 Å². The Labute approximate surface area is 90.3 Å². The molecule has 0 saturated heterocycles. The molecule has 2 nitrogen and oxygen atoms in total. The predicted octanol–water partition coefficient (Wildman–Crippen LogP) is 2.92. The molecule has 0 aliphatic heterocycles. The van der Waals surface area contributed by atoms with Crippen molar-refractivity contribution in [1.82, 2.24) is 0 Å². The highest BCUT2D eigenvalue weighted by Gasteiger charge is 2.26. The van der Waals surface area contributed by atoms with Crippen LogP contribution in [0.3, 0.4) is 0 Å². The van der Waals surface area contributed by atoms with Gasteiger partial charge in [-0.3, -0.25) is 4.79 Å². The van der Waals surface area contributed by atoms with Crippen LogP contribution in [0.1, 0.15) is 30.1 Å². The number of aldehydes is 1. The first-order valence-electron chi connectivity index (χ1n) is 5.47. The maximum Gasteiger partial charge on any atom is 0.150 e. The maximum absolute atomic E-state index is 10.4. The summed E-state index contributed by atoms with van der Waals surface area (Å²) in [5.41, 5.74) is 0.694. The van der Waals surface area contributed by atoms with Gasteiger partial charge in [0.25, 0.3) is 0 Å². The van der Waals surface area contributed by atoms with E-state index in [4.69, 9.17) is 4.74 Å². The number of ether oxygens (including phenoxy) is 1. The Morgan fingerprint density at radius 2 is 2.07 bits per heavy atom. The molecule has 0 amide bonds. The summed E-state index contributed by atoms with van der Waals surface area (Å²) in [5.74, 6) is 2.38. The van der Waals surface area contributed by atoms with Crippen molar-refractivity contribution in [2.45, 2.75) is 19.8 Å². The number of carbonyl (C=O) groups is 1. The molecular formula is C13H16O2. The fourth-order valence-corrected chi connectivity index (χ4v) is 1.83. The number of hydrogen-bond acceptors (Lipinski definition) is 2. The van der Waals surface area contributed by atoms with Crippen LogP contribution in [0.5, 0.6) is 5.75 Å². The van der Waals surface area contributed by atoms with E-state index in [1.807, 2.05) is 12.1 Å². The Bertz CT molecular complexity index is 329. The molecule has 0 unspecified atom stereocenters. The second kappa shape index (κ2) is 4.47. The van der Waals surface area contributed by atoms with E-state index >= 15 is 0 Å². The van der Waals surface area contributed by atoms with Crippen LogP contribution in [0, 0.1) is 11.8 Å². The highest BCUT2D eigenvalue weighted by Crippen LogP contribution is 2.33. The van der Waals surface area contributed by atoms with E-state index in [1.54, 1.807) is 12.1 Å². The summed E-state index contributed by atoms with van der Waals surface area (Å²) in [5, 5.41) is 0. The van der Waals surface area contributed by atoms with Gasteiger partial charge in [-0.2, -0.15) is 0 Å². The molecule has 0 heterocycles. The van der Waals surface area contributed by atoms with Crippen LogP contribution >= 0.6 is 0 Å². The Kier molecular flexibility index (Phi) is 3.05. The minimum absolute atomic E-state index is 0.694. The van der Waals surface area contributed by atoms with E-state index in [2.05, 4.69) is 6.92 Å². The Morgan fingerprint density at radius 1 is 1.33 bits per heavy atom. The Hall–Kier alpha value is -1.31. The van der Waals surface area contributed by atoms with Crippen molar-refractivity contribution in [3.05, 3.63) is 29.8 Å². The molecular weight excluding hydrogens is 188 g/mol. The van der Waals surface area contributed by atoms with Gasteiger partial charge in [-0.05, 0) is 48.9 Å². The van der Waals surface area contributed by atoms with Crippen molar-refractivity contribution in [2.75, 3.05) is 6.61 Å². The maximum atomic E-state index is 10.4. The van der Waals surface area contributed by atoms with Gasteiger partial charge >= 0.3 is 0 Å². The van der Waals surface area contributed by atoms with Crippen molar-refractivity contribution >= 4 is 6.29 Å². The Morgan fingerprint density at radius 3 is 2.53 bits per heavy atom. The van der Waals surface area contributed by atoms with E-state index in [0.29, 0.717) is 5.56 Å². The quantitative estimate of drug-likeness (QED) is 0.705. The molecule has 1 aliphatic carbocycles. The third-order valence-electron chi connectivity index (χ3n) is 3.28. The molecule has 2 atom stereocenters. The molecule has 80 valence electrons. The molecule has 2 rings (SSSR count). The third kappa shape index (κ3) is 2.38. The first-order valence-corrected chi connectivity index (χ1v) is 5.47. The molecule has 1 aromatic rings. The fraction of sp³-hybridized carbons (Fsp3) is 0.462. The van der Waals surface area contributed by atoms with E-state index in [1.165, 1.54) is 12.8 Å². The molecule has 1 aliphatic rings. The zero-order chi connectivity index (χ0) is 10.7. The molecule has 0 spiro atoms. The number of benzene rings is 1. The summed E-state index contributed by atoms with van der Waals surface area (Å²) in [4.78, 5) is 10.4. The first-order chi connectivity index (χ1) is 7.29. The monoisotopic (exact) mass is 204 g/mol. The molecule has 0 radical (unpaired) electrons. The highest BCUT2D eigenvalue weighted by atomic mass is 16.5.